The third-order valence-corrected chi connectivity index (χ3v) is 3.13. The van der Waals surface area contributed by atoms with E-state index in [0.29, 0.717) is 44.4 Å². The first kappa shape index (κ1) is 23.5. The smallest absolute Gasteiger partial charge is 0.274 e. The van der Waals surface area contributed by atoms with Crippen LogP contribution in [0.4, 0.5) is 5.69 Å². The maximum absolute atomic E-state index is 11.0. The third kappa shape index (κ3) is 10.2. The molecule has 0 radical (unpaired) electrons. The van der Waals surface area contributed by atoms with Gasteiger partial charge in [-0.05, 0) is 13.3 Å². The standard InChI is InChI=1S/C16H26N4O4.HI/c1-3-17-16(18-9-6-10-24-12-11-23-2)19-13-14-7-4-5-8-15(14)20(21)22;/h4-5,7-8H,3,6,9-13H2,1-2H3,(H2,17,18,19);1H. The highest BCUT2D eigenvalue weighted by Crippen LogP contribution is 2.18. The van der Waals surface area contributed by atoms with E-state index in [1.807, 2.05) is 6.92 Å². The zero-order valence-electron chi connectivity index (χ0n) is 14.7. The summed E-state index contributed by atoms with van der Waals surface area (Å²) in [6, 6.07) is 6.63. The van der Waals surface area contributed by atoms with E-state index in [2.05, 4.69) is 15.6 Å². The van der Waals surface area contributed by atoms with E-state index < -0.39 is 0 Å². The summed E-state index contributed by atoms with van der Waals surface area (Å²) in [5, 5.41) is 17.3. The molecule has 0 unspecified atom stereocenters. The van der Waals surface area contributed by atoms with Crippen molar-refractivity contribution >= 4 is 35.6 Å². The van der Waals surface area contributed by atoms with Crippen LogP contribution in [0.5, 0.6) is 0 Å². The molecule has 1 aromatic carbocycles. The van der Waals surface area contributed by atoms with Crippen molar-refractivity contribution in [3.05, 3.63) is 39.9 Å². The Hall–Kier alpha value is -1.46. The molecule has 0 saturated carbocycles. The average molecular weight is 466 g/mol. The van der Waals surface area contributed by atoms with Gasteiger partial charge in [-0.15, -0.1) is 24.0 Å². The highest BCUT2D eigenvalue weighted by molar-refractivity contribution is 14.0. The SMILES string of the molecule is CCNC(=NCc1ccccc1[N+](=O)[O-])NCCCOCCOC.I. The molecule has 1 rings (SSSR count). The molecule has 0 saturated heterocycles. The van der Waals surface area contributed by atoms with Gasteiger partial charge in [-0.3, -0.25) is 10.1 Å². The summed E-state index contributed by atoms with van der Waals surface area (Å²) in [6.07, 6.45) is 0.833. The lowest BCUT2D eigenvalue weighted by Crippen LogP contribution is -2.38. The molecule has 0 fully saturated rings. The molecule has 0 atom stereocenters. The summed E-state index contributed by atoms with van der Waals surface area (Å²) in [7, 11) is 1.64. The number of ether oxygens (including phenoxy) is 2. The quantitative estimate of drug-likeness (QED) is 0.130. The van der Waals surface area contributed by atoms with Gasteiger partial charge in [0.15, 0.2) is 5.96 Å². The van der Waals surface area contributed by atoms with Crippen LogP contribution in [0.25, 0.3) is 0 Å². The first-order valence-electron chi connectivity index (χ1n) is 8.00. The topological polar surface area (TPSA) is 98.0 Å². The van der Waals surface area contributed by atoms with Crippen molar-refractivity contribution in [1.82, 2.24) is 10.6 Å². The normalized spacial score (nSPS) is 10.9. The molecule has 142 valence electrons. The van der Waals surface area contributed by atoms with E-state index in [4.69, 9.17) is 9.47 Å². The second-order valence-electron chi connectivity index (χ2n) is 4.97. The Morgan fingerprint density at radius 3 is 2.68 bits per heavy atom. The summed E-state index contributed by atoms with van der Waals surface area (Å²) in [5.41, 5.74) is 0.672. The van der Waals surface area contributed by atoms with E-state index >= 15 is 0 Å². The summed E-state index contributed by atoms with van der Waals surface area (Å²) in [5.74, 6) is 0.632. The Morgan fingerprint density at radius 1 is 1.24 bits per heavy atom. The molecule has 0 bridgehead atoms. The second kappa shape index (κ2) is 14.8. The Kier molecular flexibility index (Phi) is 14.0. The van der Waals surface area contributed by atoms with Gasteiger partial charge in [-0.1, -0.05) is 18.2 Å². The van der Waals surface area contributed by atoms with Crippen molar-refractivity contribution in [3.63, 3.8) is 0 Å². The number of hydrogen-bond donors (Lipinski definition) is 2. The van der Waals surface area contributed by atoms with Crippen molar-refractivity contribution in [3.8, 4) is 0 Å². The molecule has 0 aliphatic heterocycles. The maximum Gasteiger partial charge on any atom is 0.274 e. The van der Waals surface area contributed by atoms with Gasteiger partial charge in [-0.25, -0.2) is 4.99 Å². The van der Waals surface area contributed by atoms with E-state index in [-0.39, 0.29) is 41.1 Å². The van der Waals surface area contributed by atoms with Crippen LogP contribution in [0, 0.1) is 10.1 Å². The van der Waals surface area contributed by atoms with Crippen molar-refractivity contribution in [2.24, 2.45) is 4.99 Å². The predicted molar refractivity (Wildman–Crippen MR) is 109 cm³/mol. The minimum Gasteiger partial charge on any atom is -0.382 e. The van der Waals surface area contributed by atoms with Gasteiger partial charge in [0.2, 0.25) is 0 Å². The van der Waals surface area contributed by atoms with Gasteiger partial charge in [0.05, 0.1) is 30.2 Å². The third-order valence-electron chi connectivity index (χ3n) is 3.13. The van der Waals surface area contributed by atoms with Crippen LogP contribution in [0.15, 0.2) is 29.3 Å². The van der Waals surface area contributed by atoms with Crippen molar-refractivity contribution in [2.45, 2.75) is 19.9 Å². The molecule has 0 amide bonds. The number of nitro groups is 1. The van der Waals surface area contributed by atoms with Crippen LogP contribution < -0.4 is 10.6 Å². The van der Waals surface area contributed by atoms with Crippen molar-refractivity contribution in [1.29, 1.82) is 0 Å². The zero-order valence-corrected chi connectivity index (χ0v) is 17.0. The van der Waals surface area contributed by atoms with Crippen molar-refractivity contribution < 1.29 is 14.4 Å². The number of nitrogens with zero attached hydrogens (tertiary/aromatic N) is 2. The number of methoxy groups -OCH3 is 1. The Morgan fingerprint density at radius 2 is 2.00 bits per heavy atom. The van der Waals surface area contributed by atoms with Gasteiger partial charge < -0.3 is 20.1 Å². The Bertz CT molecular complexity index is 529. The van der Waals surface area contributed by atoms with Gasteiger partial charge in [0, 0.05) is 32.9 Å². The van der Waals surface area contributed by atoms with E-state index in [1.165, 1.54) is 6.07 Å². The van der Waals surface area contributed by atoms with Gasteiger partial charge >= 0.3 is 0 Å². The van der Waals surface area contributed by atoms with Crippen molar-refractivity contribution in [2.75, 3.05) is 40.0 Å². The fraction of sp³-hybridized carbons (Fsp3) is 0.562. The van der Waals surface area contributed by atoms with E-state index in [1.54, 1.807) is 25.3 Å². The van der Waals surface area contributed by atoms with Crippen LogP contribution in [0.2, 0.25) is 0 Å². The lowest BCUT2D eigenvalue weighted by molar-refractivity contribution is -0.385. The molecule has 8 nitrogen and oxygen atoms in total. The number of halogens is 1. The number of guanidine groups is 1. The number of benzene rings is 1. The number of hydrogen-bond acceptors (Lipinski definition) is 5. The molecule has 0 aromatic heterocycles. The van der Waals surface area contributed by atoms with Crippen LogP contribution in [0.1, 0.15) is 18.9 Å². The Labute approximate surface area is 165 Å². The number of nitro benzene ring substituents is 1. The van der Waals surface area contributed by atoms with Crippen LogP contribution in [-0.2, 0) is 16.0 Å². The number of nitrogens with one attached hydrogen (secondary N) is 2. The van der Waals surface area contributed by atoms with E-state index in [0.717, 1.165) is 6.42 Å². The monoisotopic (exact) mass is 466 g/mol. The highest BCUT2D eigenvalue weighted by atomic mass is 127. The molecule has 0 spiro atoms. The summed E-state index contributed by atoms with van der Waals surface area (Å²) in [4.78, 5) is 15.0. The molecular weight excluding hydrogens is 439 g/mol. The molecular formula is C16H27IN4O4. The van der Waals surface area contributed by atoms with Crippen LogP contribution in [-0.4, -0.2) is 50.9 Å². The average Bonchev–Trinajstić information content (AvgIpc) is 2.59. The molecule has 1 aromatic rings. The van der Waals surface area contributed by atoms with Gasteiger partial charge in [0.1, 0.15) is 0 Å². The van der Waals surface area contributed by atoms with Crippen LogP contribution in [0.3, 0.4) is 0 Å². The Balaban J connectivity index is 0.00000576. The molecule has 0 heterocycles. The minimum atomic E-state index is -0.386. The fourth-order valence-corrected chi connectivity index (χ4v) is 1.95. The summed E-state index contributed by atoms with van der Waals surface area (Å²) < 4.78 is 10.3. The number of aliphatic imine (C=N–C) groups is 1. The molecule has 0 aliphatic rings. The summed E-state index contributed by atoms with van der Waals surface area (Å²) >= 11 is 0. The van der Waals surface area contributed by atoms with Gasteiger partial charge in [0.25, 0.3) is 5.69 Å². The van der Waals surface area contributed by atoms with Gasteiger partial charge in [-0.2, -0.15) is 0 Å². The lowest BCUT2D eigenvalue weighted by atomic mass is 10.2. The summed E-state index contributed by atoms with van der Waals surface area (Å²) in [6.45, 7) is 5.45. The molecule has 25 heavy (non-hydrogen) atoms. The number of para-hydroxylation sites is 1. The highest BCUT2D eigenvalue weighted by Gasteiger charge is 2.11. The first-order chi connectivity index (χ1) is 11.7. The van der Waals surface area contributed by atoms with Crippen LogP contribution >= 0.6 is 24.0 Å². The zero-order chi connectivity index (χ0) is 17.6. The van der Waals surface area contributed by atoms with E-state index in [9.17, 15) is 10.1 Å². The fourth-order valence-electron chi connectivity index (χ4n) is 1.95. The number of rotatable bonds is 11. The minimum absolute atomic E-state index is 0. The molecule has 9 heteroatoms. The lowest BCUT2D eigenvalue weighted by Gasteiger charge is -2.11. The predicted octanol–water partition coefficient (Wildman–Crippen LogP) is 2.32. The molecule has 2 N–H and O–H groups in total. The first-order valence-corrected chi connectivity index (χ1v) is 8.00. The maximum atomic E-state index is 11.0. The second-order valence-corrected chi connectivity index (χ2v) is 4.97. The largest absolute Gasteiger partial charge is 0.382 e. The molecule has 0 aliphatic carbocycles.